The van der Waals surface area contributed by atoms with Crippen LogP contribution in [0.25, 0.3) is 0 Å². The highest BCUT2D eigenvalue weighted by molar-refractivity contribution is 5.63. The minimum absolute atomic E-state index is 0.230. The van der Waals surface area contributed by atoms with Gasteiger partial charge in [0.2, 0.25) is 0 Å². The van der Waals surface area contributed by atoms with Crippen molar-refractivity contribution in [3.8, 4) is 0 Å². The maximum absolute atomic E-state index is 10.0. The summed E-state index contributed by atoms with van der Waals surface area (Å²) in [6, 6.07) is 0. The molecule has 3 nitrogen and oxygen atoms in total. The van der Waals surface area contributed by atoms with Crippen molar-refractivity contribution in [1.82, 2.24) is 0 Å². The maximum atomic E-state index is 10.0. The van der Waals surface area contributed by atoms with E-state index in [0.29, 0.717) is 0 Å². The van der Waals surface area contributed by atoms with Crippen molar-refractivity contribution >= 4 is 5.97 Å². The lowest BCUT2D eigenvalue weighted by Crippen LogP contribution is -2.50. The van der Waals surface area contributed by atoms with Gasteiger partial charge in [0.1, 0.15) is 0 Å². The molecule has 152 valence electrons. The number of carboxylic acid groups (broad SMARTS) is 1. The molecule has 0 fully saturated rings. The summed E-state index contributed by atoms with van der Waals surface area (Å²) >= 11 is 0. The Bertz CT molecular complexity index is 250. The van der Waals surface area contributed by atoms with E-state index in [2.05, 4.69) is 34.6 Å². The Labute approximate surface area is 158 Å². The zero-order chi connectivity index (χ0) is 19.4. The minimum Gasteiger partial charge on any atom is -0.550 e. The van der Waals surface area contributed by atoms with Crippen molar-refractivity contribution in [3.05, 3.63) is 0 Å². The van der Waals surface area contributed by atoms with E-state index in [1.54, 1.807) is 0 Å². The van der Waals surface area contributed by atoms with Gasteiger partial charge in [0, 0.05) is 5.97 Å². The number of aliphatic carboxylic acids is 1. The Morgan fingerprint density at radius 2 is 0.960 bits per heavy atom. The molecule has 0 N–H and O–H groups in total. The highest BCUT2D eigenvalue weighted by Gasteiger charge is 2.22. The summed E-state index contributed by atoms with van der Waals surface area (Å²) in [6.07, 6.45) is 13.7. The van der Waals surface area contributed by atoms with Crippen LogP contribution < -0.4 is 5.11 Å². The van der Waals surface area contributed by atoms with Crippen molar-refractivity contribution in [2.75, 3.05) is 26.2 Å². The Hall–Kier alpha value is -0.570. The summed E-state index contributed by atoms with van der Waals surface area (Å²) in [7, 11) is 0. The zero-order valence-corrected chi connectivity index (χ0v) is 18.1. The number of carbonyl (C=O) groups excluding carboxylic acids is 1. The summed E-state index contributed by atoms with van der Waals surface area (Å²) in [5.74, 6) is -0.913. The quantitative estimate of drug-likeness (QED) is 0.277. The molecule has 0 atom stereocenters. The second-order valence-electron chi connectivity index (χ2n) is 7.48. The lowest BCUT2D eigenvalue weighted by atomic mass is 10.1. The second-order valence-corrected chi connectivity index (χ2v) is 7.48. The predicted molar refractivity (Wildman–Crippen MR) is 109 cm³/mol. The number of unbranched alkanes of at least 4 members (excludes halogenated alkanes) is 6. The van der Waals surface area contributed by atoms with Crippen molar-refractivity contribution < 1.29 is 14.4 Å². The van der Waals surface area contributed by atoms with Crippen LogP contribution in [0.3, 0.4) is 0 Å². The number of carboxylic acids is 1. The Morgan fingerprint density at radius 1 is 0.600 bits per heavy atom. The first-order valence-electron chi connectivity index (χ1n) is 11.1. The summed E-state index contributed by atoms with van der Waals surface area (Å²) in [5, 5.41) is 10.0. The smallest absolute Gasteiger partial charge is 0.0783 e. The van der Waals surface area contributed by atoms with E-state index in [0.717, 1.165) is 12.8 Å². The van der Waals surface area contributed by atoms with E-state index in [1.165, 1.54) is 88.4 Å². The fraction of sp³-hybridized carbons (Fsp3) is 0.955. The molecule has 0 aromatic rings. The molecule has 0 saturated carbocycles. The van der Waals surface area contributed by atoms with Gasteiger partial charge in [0.15, 0.2) is 0 Å². The lowest BCUT2D eigenvalue weighted by molar-refractivity contribution is -0.928. The number of hydrogen-bond donors (Lipinski definition) is 0. The second kappa shape index (κ2) is 19.8. The number of rotatable bonds is 16. The van der Waals surface area contributed by atoms with Crippen LogP contribution in [0.4, 0.5) is 0 Å². The third-order valence-corrected chi connectivity index (χ3v) is 4.78. The van der Waals surface area contributed by atoms with Crippen molar-refractivity contribution in [1.29, 1.82) is 0 Å². The number of carbonyl (C=O) groups is 1. The fourth-order valence-corrected chi connectivity index (χ4v) is 3.79. The largest absolute Gasteiger partial charge is 0.550 e. The molecule has 0 bridgehead atoms. The summed E-state index contributed by atoms with van der Waals surface area (Å²) in [4.78, 5) is 10.0. The molecule has 0 unspecified atom stereocenters. The van der Waals surface area contributed by atoms with Gasteiger partial charge in [-0.05, 0) is 38.5 Å². The normalized spacial score (nSPS) is 11.1. The molecular formula is C22H47NO2. The topological polar surface area (TPSA) is 40.1 Å². The van der Waals surface area contributed by atoms with E-state index in [1.807, 2.05) is 0 Å². The van der Waals surface area contributed by atoms with Crippen LogP contribution >= 0.6 is 0 Å². The SMILES string of the molecule is CCCCCCCCCC(=O)[O-].CCC[N+](CCC)(CCC)CCC. The molecule has 0 radical (unpaired) electrons. The number of hydrogen-bond acceptors (Lipinski definition) is 2. The Balaban J connectivity index is 0. The highest BCUT2D eigenvalue weighted by Crippen LogP contribution is 2.12. The van der Waals surface area contributed by atoms with Gasteiger partial charge in [0.25, 0.3) is 0 Å². The van der Waals surface area contributed by atoms with Crippen LogP contribution in [0.15, 0.2) is 0 Å². The zero-order valence-electron chi connectivity index (χ0n) is 18.1. The summed E-state index contributed by atoms with van der Waals surface area (Å²) in [5.41, 5.74) is 0. The molecule has 0 saturated heterocycles. The molecule has 25 heavy (non-hydrogen) atoms. The van der Waals surface area contributed by atoms with Crippen molar-refractivity contribution in [2.24, 2.45) is 0 Å². The van der Waals surface area contributed by atoms with Crippen molar-refractivity contribution in [2.45, 2.75) is 112 Å². The third-order valence-electron chi connectivity index (χ3n) is 4.78. The summed E-state index contributed by atoms with van der Waals surface area (Å²) < 4.78 is 1.38. The van der Waals surface area contributed by atoms with Crippen LogP contribution in [0, 0.1) is 0 Å². The average molecular weight is 358 g/mol. The molecule has 0 aliphatic rings. The van der Waals surface area contributed by atoms with Gasteiger partial charge in [-0.3, -0.25) is 0 Å². The van der Waals surface area contributed by atoms with Gasteiger partial charge in [-0.25, -0.2) is 0 Å². The van der Waals surface area contributed by atoms with Gasteiger partial charge in [-0.1, -0.05) is 73.1 Å². The van der Waals surface area contributed by atoms with Gasteiger partial charge < -0.3 is 14.4 Å². The van der Waals surface area contributed by atoms with E-state index < -0.39 is 5.97 Å². The molecule has 3 heteroatoms. The van der Waals surface area contributed by atoms with E-state index in [-0.39, 0.29) is 6.42 Å². The lowest BCUT2D eigenvalue weighted by Gasteiger charge is -2.38. The first kappa shape index (κ1) is 26.7. The molecule has 0 aromatic carbocycles. The molecule has 0 aliphatic carbocycles. The molecule has 0 aromatic heterocycles. The number of nitrogens with zero attached hydrogens (tertiary/aromatic N) is 1. The van der Waals surface area contributed by atoms with Crippen LogP contribution in [0.5, 0.6) is 0 Å². The molecule has 0 heterocycles. The molecular weight excluding hydrogens is 310 g/mol. The van der Waals surface area contributed by atoms with Gasteiger partial charge in [-0.15, -0.1) is 0 Å². The first-order chi connectivity index (χ1) is 12.0. The van der Waals surface area contributed by atoms with Crippen LogP contribution in [0.1, 0.15) is 112 Å². The average Bonchev–Trinajstić information content (AvgIpc) is 2.55. The molecule has 0 rings (SSSR count). The van der Waals surface area contributed by atoms with Gasteiger partial charge in [-0.2, -0.15) is 0 Å². The van der Waals surface area contributed by atoms with Crippen LogP contribution in [0.2, 0.25) is 0 Å². The minimum atomic E-state index is -0.913. The maximum Gasteiger partial charge on any atom is 0.0783 e. The standard InChI is InChI=1S/C12H28N.C10H20O2/c1-5-9-13(10-6-2,11-7-3)12-8-4;1-2-3-4-5-6-7-8-9-10(11)12/h5-12H2,1-4H3;2-9H2,1H3,(H,11,12)/q+1;/p-1. The Kier molecular flexibility index (Phi) is 21.1. The molecule has 0 amide bonds. The summed E-state index contributed by atoms with van der Waals surface area (Å²) in [6.45, 7) is 17.0. The van der Waals surface area contributed by atoms with Gasteiger partial charge >= 0.3 is 0 Å². The third kappa shape index (κ3) is 18.0. The first-order valence-corrected chi connectivity index (χ1v) is 11.1. The molecule has 0 aliphatic heterocycles. The monoisotopic (exact) mass is 357 g/mol. The molecule has 0 spiro atoms. The fourth-order valence-electron chi connectivity index (χ4n) is 3.79. The number of quaternary nitrogens is 1. The van der Waals surface area contributed by atoms with Gasteiger partial charge in [0.05, 0.1) is 26.2 Å². The van der Waals surface area contributed by atoms with Crippen molar-refractivity contribution in [3.63, 3.8) is 0 Å². The predicted octanol–water partition coefficient (Wildman–Crippen LogP) is 5.32. The van der Waals surface area contributed by atoms with E-state index in [9.17, 15) is 9.90 Å². The Morgan fingerprint density at radius 3 is 1.28 bits per heavy atom. The van der Waals surface area contributed by atoms with E-state index in [4.69, 9.17) is 0 Å². The van der Waals surface area contributed by atoms with Crippen LogP contribution in [-0.2, 0) is 4.79 Å². The highest BCUT2D eigenvalue weighted by atomic mass is 16.4. The van der Waals surface area contributed by atoms with E-state index >= 15 is 0 Å². The van der Waals surface area contributed by atoms with Crippen LogP contribution in [-0.4, -0.2) is 36.6 Å².